The topological polar surface area (TPSA) is 96.2 Å². The van der Waals surface area contributed by atoms with Gasteiger partial charge < -0.3 is 9.88 Å². The van der Waals surface area contributed by atoms with Crippen LogP contribution in [0.4, 0.5) is 0 Å². The van der Waals surface area contributed by atoms with Gasteiger partial charge in [-0.25, -0.2) is 4.98 Å². The minimum absolute atomic E-state index is 0.0550. The fourth-order valence-electron chi connectivity index (χ4n) is 3.35. The molecule has 0 saturated carbocycles. The average molecular weight is 358 g/mol. The van der Waals surface area contributed by atoms with E-state index in [-0.39, 0.29) is 17.5 Å². The molecule has 3 aromatic rings. The summed E-state index contributed by atoms with van der Waals surface area (Å²) < 4.78 is 5.39. The van der Waals surface area contributed by atoms with Gasteiger partial charge in [-0.3, -0.25) is 14.0 Å². The lowest BCUT2D eigenvalue weighted by Gasteiger charge is -2.35. The fraction of sp³-hybridized carbons (Fsp3) is 0.438. The van der Waals surface area contributed by atoms with Crippen LogP contribution in [0, 0.1) is 0 Å². The number of nitrogens with one attached hydrogen (secondary N) is 1. The van der Waals surface area contributed by atoms with Gasteiger partial charge in [-0.15, -0.1) is 5.10 Å². The number of aromatic amines is 1. The van der Waals surface area contributed by atoms with Crippen LogP contribution < -0.4 is 5.56 Å². The molecule has 1 N–H and O–H groups in total. The van der Waals surface area contributed by atoms with Gasteiger partial charge in [-0.1, -0.05) is 11.4 Å². The van der Waals surface area contributed by atoms with Gasteiger partial charge in [0.05, 0.1) is 11.7 Å². The van der Waals surface area contributed by atoms with Crippen molar-refractivity contribution in [3.63, 3.8) is 0 Å². The van der Waals surface area contributed by atoms with E-state index in [9.17, 15) is 9.59 Å². The van der Waals surface area contributed by atoms with Crippen molar-refractivity contribution < 1.29 is 4.79 Å². The lowest BCUT2D eigenvalue weighted by molar-refractivity contribution is 0.0609. The van der Waals surface area contributed by atoms with E-state index in [4.69, 9.17) is 0 Å². The quantitative estimate of drug-likeness (QED) is 0.770. The second-order valence-corrected chi connectivity index (χ2v) is 6.85. The summed E-state index contributed by atoms with van der Waals surface area (Å²) in [5, 5.41) is 4.05. The highest BCUT2D eigenvalue weighted by molar-refractivity contribution is 7.08. The van der Waals surface area contributed by atoms with Crippen LogP contribution in [-0.4, -0.2) is 41.3 Å². The largest absolute Gasteiger partial charge is 0.329 e. The molecule has 1 aliphatic rings. The van der Waals surface area contributed by atoms with E-state index in [1.165, 1.54) is 4.40 Å². The second-order valence-electron chi connectivity index (χ2n) is 6.10. The fourth-order valence-corrected chi connectivity index (χ4v) is 4.06. The van der Waals surface area contributed by atoms with Gasteiger partial charge in [0.25, 0.3) is 11.5 Å². The number of aromatic nitrogens is 5. The van der Waals surface area contributed by atoms with E-state index in [1.807, 2.05) is 11.8 Å². The number of likely N-dealkylation sites (tertiary alicyclic amines) is 1. The maximum Gasteiger partial charge on any atom is 0.268 e. The second kappa shape index (κ2) is 6.40. The van der Waals surface area contributed by atoms with Crippen molar-refractivity contribution in [2.75, 3.05) is 6.54 Å². The van der Waals surface area contributed by atoms with Gasteiger partial charge >= 0.3 is 0 Å². The van der Waals surface area contributed by atoms with Gasteiger partial charge in [-0.2, -0.15) is 0 Å². The molecule has 130 valence electrons. The number of fused-ring (bicyclic) bond motifs is 1. The highest BCUT2D eigenvalue weighted by Gasteiger charge is 2.32. The predicted octanol–water partition coefficient (Wildman–Crippen LogP) is 1.80. The van der Waals surface area contributed by atoms with Crippen molar-refractivity contribution in [1.82, 2.24) is 28.9 Å². The number of hydrogen-bond donors (Lipinski definition) is 1. The first-order chi connectivity index (χ1) is 12.2. The molecule has 1 amide bonds. The minimum atomic E-state index is -0.164. The van der Waals surface area contributed by atoms with Gasteiger partial charge in [0.2, 0.25) is 5.78 Å². The number of imidazole rings is 1. The molecule has 9 heteroatoms. The molecule has 4 rings (SSSR count). The van der Waals surface area contributed by atoms with E-state index in [2.05, 4.69) is 19.6 Å². The highest BCUT2D eigenvalue weighted by Crippen LogP contribution is 2.31. The molecular formula is C16H18N6O2S. The van der Waals surface area contributed by atoms with Crippen molar-refractivity contribution in [2.45, 2.75) is 38.6 Å². The van der Waals surface area contributed by atoms with Crippen LogP contribution in [0.3, 0.4) is 0 Å². The van der Waals surface area contributed by atoms with Crippen LogP contribution in [0.5, 0.6) is 0 Å². The summed E-state index contributed by atoms with van der Waals surface area (Å²) in [6, 6.07) is 1.40. The lowest BCUT2D eigenvalue weighted by atomic mass is 9.98. The number of nitrogens with zero attached hydrogens (tertiary/aromatic N) is 5. The zero-order valence-electron chi connectivity index (χ0n) is 13.8. The standard InChI is InChI=1S/C16H18N6O2S/c1-2-10-14(25-20-19-10)15(24)21-7-4-3-5-12(21)11-9-13(23)22-8-6-17-16(22)18-11/h6,8-9,12H,2-5,7H2,1H3,(H,17,18). The Morgan fingerprint density at radius 3 is 3.16 bits per heavy atom. The molecule has 1 unspecified atom stereocenters. The number of piperidine rings is 1. The normalized spacial score (nSPS) is 18.0. The lowest BCUT2D eigenvalue weighted by Crippen LogP contribution is -2.39. The molecule has 4 heterocycles. The molecule has 0 radical (unpaired) electrons. The molecule has 1 saturated heterocycles. The third-order valence-electron chi connectivity index (χ3n) is 4.62. The Kier molecular flexibility index (Phi) is 4.08. The van der Waals surface area contributed by atoms with E-state index in [1.54, 1.807) is 18.5 Å². The van der Waals surface area contributed by atoms with Crippen molar-refractivity contribution >= 4 is 23.2 Å². The zero-order chi connectivity index (χ0) is 17.4. The van der Waals surface area contributed by atoms with Crippen molar-refractivity contribution in [1.29, 1.82) is 0 Å². The number of hydrogen-bond acceptors (Lipinski definition) is 6. The molecule has 25 heavy (non-hydrogen) atoms. The maximum absolute atomic E-state index is 13.1. The van der Waals surface area contributed by atoms with Crippen LogP contribution in [0.2, 0.25) is 0 Å². The Hall–Kier alpha value is -2.55. The molecule has 1 fully saturated rings. The summed E-state index contributed by atoms with van der Waals surface area (Å²) in [6.07, 6.45) is 6.65. The first kappa shape index (κ1) is 15.9. The Balaban J connectivity index is 1.73. The molecule has 3 aromatic heterocycles. The summed E-state index contributed by atoms with van der Waals surface area (Å²) in [5.74, 6) is 0.440. The number of aryl methyl sites for hydroxylation is 1. The zero-order valence-corrected chi connectivity index (χ0v) is 14.6. The first-order valence-corrected chi connectivity index (χ1v) is 9.15. The van der Waals surface area contributed by atoms with Gasteiger partial charge in [0, 0.05) is 30.7 Å². The Morgan fingerprint density at radius 1 is 1.44 bits per heavy atom. The highest BCUT2D eigenvalue weighted by atomic mass is 32.1. The summed E-state index contributed by atoms with van der Waals surface area (Å²) in [5.41, 5.74) is 1.32. The van der Waals surface area contributed by atoms with Crippen LogP contribution in [-0.2, 0) is 6.42 Å². The van der Waals surface area contributed by atoms with E-state index >= 15 is 0 Å². The number of rotatable bonds is 3. The smallest absolute Gasteiger partial charge is 0.268 e. The molecule has 0 aliphatic carbocycles. The number of carbonyl (C=O) groups excluding carboxylic acids is 1. The summed E-state index contributed by atoms with van der Waals surface area (Å²) >= 11 is 1.14. The predicted molar refractivity (Wildman–Crippen MR) is 92.7 cm³/mol. The molecule has 0 bridgehead atoms. The van der Waals surface area contributed by atoms with Crippen LogP contribution in [0.25, 0.3) is 5.78 Å². The van der Waals surface area contributed by atoms with E-state index < -0.39 is 0 Å². The Bertz CT molecular complexity index is 974. The van der Waals surface area contributed by atoms with Gasteiger partial charge in [0.15, 0.2) is 0 Å². The van der Waals surface area contributed by atoms with Crippen LogP contribution in [0.1, 0.15) is 53.3 Å². The number of amides is 1. The number of H-pyrrole nitrogens is 1. The summed E-state index contributed by atoms with van der Waals surface area (Å²) in [7, 11) is 0. The van der Waals surface area contributed by atoms with Gasteiger partial charge in [-0.05, 0) is 37.2 Å². The molecule has 0 spiro atoms. The van der Waals surface area contributed by atoms with Crippen molar-refractivity contribution in [3.8, 4) is 0 Å². The maximum atomic E-state index is 13.1. The molecule has 8 nitrogen and oxygen atoms in total. The van der Waals surface area contributed by atoms with Crippen molar-refractivity contribution in [2.24, 2.45) is 0 Å². The monoisotopic (exact) mass is 358 g/mol. The Labute approximate surface area is 147 Å². The molecular weight excluding hydrogens is 340 g/mol. The summed E-state index contributed by atoms with van der Waals surface area (Å²) in [6.45, 7) is 2.62. The van der Waals surface area contributed by atoms with E-state index in [0.717, 1.165) is 42.2 Å². The van der Waals surface area contributed by atoms with Crippen LogP contribution >= 0.6 is 11.5 Å². The third kappa shape index (κ3) is 2.74. The molecule has 1 aliphatic heterocycles. The number of carbonyl (C=O) groups is 1. The van der Waals surface area contributed by atoms with E-state index in [0.29, 0.717) is 23.6 Å². The molecule has 0 aromatic carbocycles. The van der Waals surface area contributed by atoms with Gasteiger partial charge in [0.1, 0.15) is 4.88 Å². The average Bonchev–Trinajstić information content (AvgIpc) is 3.30. The van der Waals surface area contributed by atoms with Crippen LogP contribution in [0.15, 0.2) is 23.3 Å². The third-order valence-corrected chi connectivity index (χ3v) is 5.38. The summed E-state index contributed by atoms with van der Waals surface area (Å²) in [4.78, 5) is 35.2. The molecule has 1 atom stereocenters. The SMILES string of the molecule is CCc1nnsc1C(=O)N1CCCCC1c1cc(=O)n2ccnc2[nH]1. The minimum Gasteiger partial charge on any atom is -0.329 e. The Morgan fingerprint density at radius 2 is 2.32 bits per heavy atom. The van der Waals surface area contributed by atoms with Crippen molar-refractivity contribution in [3.05, 3.63) is 45.1 Å². The first-order valence-electron chi connectivity index (χ1n) is 8.37.